The molecule has 2 aromatic heterocycles. The number of hydrogen-bond donors (Lipinski definition) is 1. The number of halogens is 1. The summed E-state index contributed by atoms with van der Waals surface area (Å²) >= 11 is 0. The van der Waals surface area contributed by atoms with Crippen molar-refractivity contribution in [3.8, 4) is 16.8 Å². The predicted molar refractivity (Wildman–Crippen MR) is 71.2 cm³/mol. The standard InChI is InChI=1S/C14H11FN4/c15-13-8-17-5-4-14(13)19-9-11(7-18-19)10-2-1-3-12(16)6-10/h1-9H,16H2. The highest BCUT2D eigenvalue weighted by Gasteiger charge is 2.07. The molecule has 1 aromatic carbocycles. The van der Waals surface area contributed by atoms with E-state index in [0.717, 1.165) is 17.3 Å². The van der Waals surface area contributed by atoms with Crippen molar-refractivity contribution in [1.82, 2.24) is 14.8 Å². The maximum atomic E-state index is 13.6. The molecule has 3 rings (SSSR count). The van der Waals surface area contributed by atoms with Crippen molar-refractivity contribution in [1.29, 1.82) is 0 Å². The zero-order valence-corrected chi connectivity index (χ0v) is 9.99. The van der Waals surface area contributed by atoms with Crippen molar-refractivity contribution in [2.24, 2.45) is 0 Å². The van der Waals surface area contributed by atoms with Crippen LogP contribution in [0.4, 0.5) is 10.1 Å². The third kappa shape index (κ3) is 2.18. The first-order valence-corrected chi connectivity index (χ1v) is 5.74. The molecule has 0 radical (unpaired) electrons. The van der Waals surface area contributed by atoms with E-state index >= 15 is 0 Å². The summed E-state index contributed by atoms with van der Waals surface area (Å²) in [6, 6.07) is 9.04. The van der Waals surface area contributed by atoms with Gasteiger partial charge in [0.1, 0.15) is 5.69 Å². The number of aromatic nitrogens is 3. The minimum atomic E-state index is -0.412. The second kappa shape index (κ2) is 4.53. The molecule has 0 saturated heterocycles. The SMILES string of the molecule is Nc1cccc(-c2cnn(-c3ccncc3F)c2)c1. The Morgan fingerprint density at radius 2 is 2.00 bits per heavy atom. The lowest BCUT2D eigenvalue weighted by Crippen LogP contribution is -1.97. The van der Waals surface area contributed by atoms with Crippen molar-refractivity contribution in [3.05, 3.63) is 60.9 Å². The lowest BCUT2D eigenvalue weighted by atomic mass is 10.1. The molecule has 94 valence electrons. The number of nitrogens with zero attached hydrogens (tertiary/aromatic N) is 3. The van der Waals surface area contributed by atoms with Crippen LogP contribution in [-0.2, 0) is 0 Å². The number of nitrogens with two attached hydrogens (primary N) is 1. The van der Waals surface area contributed by atoms with Gasteiger partial charge >= 0.3 is 0 Å². The van der Waals surface area contributed by atoms with Crippen LogP contribution in [0.2, 0.25) is 0 Å². The Bertz CT molecular complexity index is 721. The van der Waals surface area contributed by atoms with Gasteiger partial charge in [0.05, 0.1) is 12.4 Å². The van der Waals surface area contributed by atoms with Crippen LogP contribution < -0.4 is 5.73 Å². The molecule has 2 N–H and O–H groups in total. The molecule has 19 heavy (non-hydrogen) atoms. The summed E-state index contributed by atoms with van der Waals surface area (Å²) in [6.07, 6.45) is 6.12. The largest absolute Gasteiger partial charge is 0.399 e. The highest BCUT2D eigenvalue weighted by molar-refractivity contribution is 5.66. The minimum absolute atomic E-state index is 0.366. The minimum Gasteiger partial charge on any atom is -0.399 e. The fourth-order valence-electron chi connectivity index (χ4n) is 1.88. The molecule has 2 heterocycles. The topological polar surface area (TPSA) is 56.7 Å². The van der Waals surface area contributed by atoms with Crippen LogP contribution in [0.15, 0.2) is 55.1 Å². The molecule has 0 aliphatic heterocycles. The average Bonchev–Trinajstić information content (AvgIpc) is 2.89. The maximum absolute atomic E-state index is 13.6. The molecule has 0 aliphatic carbocycles. The van der Waals surface area contributed by atoms with E-state index in [9.17, 15) is 4.39 Å². The van der Waals surface area contributed by atoms with Gasteiger partial charge in [-0.25, -0.2) is 9.07 Å². The molecule has 0 bridgehead atoms. The zero-order chi connectivity index (χ0) is 13.2. The van der Waals surface area contributed by atoms with Crippen molar-refractivity contribution in [2.75, 3.05) is 5.73 Å². The number of benzene rings is 1. The van der Waals surface area contributed by atoms with Crippen LogP contribution in [0.1, 0.15) is 0 Å². The molecule has 0 unspecified atom stereocenters. The van der Waals surface area contributed by atoms with Crippen LogP contribution in [0.3, 0.4) is 0 Å². The van der Waals surface area contributed by atoms with Gasteiger partial charge in [-0.05, 0) is 23.8 Å². The summed E-state index contributed by atoms with van der Waals surface area (Å²) in [4.78, 5) is 3.71. The number of nitrogen functional groups attached to an aromatic ring is 1. The summed E-state index contributed by atoms with van der Waals surface area (Å²) in [5, 5.41) is 4.16. The van der Waals surface area contributed by atoms with E-state index in [0.29, 0.717) is 11.4 Å². The van der Waals surface area contributed by atoms with Gasteiger partial charge in [-0.3, -0.25) is 4.98 Å². The normalized spacial score (nSPS) is 10.6. The quantitative estimate of drug-likeness (QED) is 0.715. The predicted octanol–water partition coefficient (Wildman–Crippen LogP) is 2.66. The molecule has 0 atom stereocenters. The first kappa shape index (κ1) is 11.4. The van der Waals surface area contributed by atoms with Gasteiger partial charge in [-0.2, -0.15) is 5.10 Å². The number of rotatable bonds is 2. The first-order chi connectivity index (χ1) is 9.24. The fourth-order valence-corrected chi connectivity index (χ4v) is 1.88. The molecule has 0 aliphatic rings. The molecule has 3 aromatic rings. The lowest BCUT2D eigenvalue weighted by molar-refractivity contribution is 0.604. The Balaban J connectivity index is 2.03. The molecular weight excluding hydrogens is 243 g/mol. The molecule has 0 saturated carbocycles. The van der Waals surface area contributed by atoms with Crippen LogP contribution in [0.25, 0.3) is 16.8 Å². The second-order valence-electron chi connectivity index (χ2n) is 4.13. The number of pyridine rings is 1. The molecule has 0 amide bonds. The van der Waals surface area contributed by atoms with Gasteiger partial charge < -0.3 is 5.73 Å². The van der Waals surface area contributed by atoms with Crippen LogP contribution in [0, 0.1) is 5.82 Å². The van der Waals surface area contributed by atoms with Crippen molar-refractivity contribution in [3.63, 3.8) is 0 Å². The summed E-state index contributed by atoms with van der Waals surface area (Å²) in [7, 11) is 0. The van der Waals surface area contributed by atoms with Gasteiger partial charge in [0.25, 0.3) is 0 Å². The van der Waals surface area contributed by atoms with Crippen molar-refractivity contribution >= 4 is 5.69 Å². The molecule has 0 spiro atoms. The van der Waals surface area contributed by atoms with Gasteiger partial charge in [0, 0.05) is 23.6 Å². The van der Waals surface area contributed by atoms with E-state index < -0.39 is 5.82 Å². The molecule has 0 fully saturated rings. The number of anilines is 1. The second-order valence-corrected chi connectivity index (χ2v) is 4.13. The average molecular weight is 254 g/mol. The van der Waals surface area contributed by atoms with E-state index in [1.165, 1.54) is 10.9 Å². The smallest absolute Gasteiger partial charge is 0.167 e. The summed E-state index contributed by atoms with van der Waals surface area (Å²) in [5.74, 6) is -0.412. The third-order valence-corrected chi connectivity index (χ3v) is 2.80. The first-order valence-electron chi connectivity index (χ1n) is 5.74. The summed E-state index contributed by atoms with van der Waals surface area (Å²) in [5.41, 5.74) is 8.61. The van der Waals surface area contributed by atoms with Crippen molar-refractivity contribution in [2.45, 2.75) is 0 Å². The summed E-state index contributed by atoms with van der Waals surface area (Å²) in [6.45, 7) is 0. The third-order valence-electron chi connectivity index (χ3n) is 2.80. The maximum Gasteiger partial charge on any atom is 0.167 e. The van der Waals surface area contributed by atoms with E-state index in [-0.39, 0.29) is 0 Å². The van der Waals surface area contributed by atoms with Crippen molar-refractivity contribution < 1.29 is 4.39 Å². The van der Waals surface area contributed by atoms with E-state index in [1.807, 2.05) is 24.3 Å². The highest BCUT2D eigenvalue weighted by Crippen LogP contribution is 2.22. The highest BCUT2D eigenvalue weighted by atomic mass is 19.1. The monoisotopic (exact) mass is 254 g/mol. The van der Waals surface area contributed by atoms with E-state index in [2.05, 4.69) is 10.1 Å². The van der Waals surface area contributed by atoms with Gasteiger partial charge in [0.2, 0.25) is 0 Å². The Morgan fingerprint density at radius 3 is 2.79 bits per heavy atom. The van der Waals surface area contributed by atoms with Gasteiger partial charge in [-0.15, -0.1) is 0 Å². The van der Waals surface area contributed by atoms with Crippen LogP contribution in [0.5, 0.6) is 0 Å². The van der Waals surface area contributed by atoms with E-state index in [1.54, 1.807) is 18.5 Å². The molecular formula is C14H11FN4. The zero-order valence-electron chi connectivity index (χ0n) is 9.99. The van der Waals surface area contributed by atoms with Crippen LogP contribution >= 0.6 is 0 Å². The van der Waals surface area contributed by atoms with E-state index in [4.69, 9.17) is 5.73 Å². The summed E-state index contributed by atoms with van der Waals surface area (Å²) < 4.78 is 15.1. The van der Waals surface area contributed by atoms with Gasteiger partial charge in [-0.1, -0.05) is 12.1 Å². The Morgan fingerprint density at radius 1 is 1.11 bits per heavy atom. The Kier molecular flexibility index (Phi) is 2.72. The van der Waals surface area contributed by atoms with Gasteiger partial charge in [0.15, 0.2) is 5.82 Å². The lowest BCUT2D eigenvalue weighted by Gasteiger charge is -2.01. The fraction of sp³-hybridized carbons (Fsp3) is 0. The Hall–Kier alpha value is -2.69. The molecule has 5 heteroatoms. The number of hydrogen-bond acceptors (Lipinski definition) is 3. The Labute approximate surface area is 109 Å². The van der Waals surface area contributed by atoms with Crippen LogP contribution in [-0.4, -0.2) is 14.8 Å². The molecule has 4 nitrogen and oxygen atoms in total.